The van der Waals surface area contributed by atoms with Crippen molar-refractivity contribution in [2.45, 2.75) is 61.5 Å². The normalized spacial score (nSPS) is 23.3. The molecule has 0 aliphatic carbocycles. The Balaban J connectivity index is 1.38. The molecular weight excluding hydrogens is 480 g/mol. The monoisotopic (exact) mass is 514 g/mol. The number of halogens is 1. The van der Waals surface area contributed by atoms with Gasteiger partial charge in [0.15, 0.2) is 0 Å². The van der Waals surface area contributed by atoms with Crippen molar-refractivity contribution >= 4 is 41.0 Å². The van der Waals surface area contributed by atoms with E-state index in [1.165, 1.54) is 16.8 Å². The third kappa shape index (κ3) is 4.49. The van der Waals surface area contributed by atoms with E-state index in [0.29, 0.717) is 31.2 Å². The summed E-state index contributed by atoms with van der Waals surface area (Å²) in [5.74, 6) is 2.56. The van der Waals surface area contributed by atoms with Crippen molar-refractivity contribution < 1.29 is 4.79 Å². The van der Waals surface area contributed by atoms with Gasteiger partial charge in [-0.15, -0.1) is 11.8 Å². The number of nitrogens with two attached hydrogens (primary N) is 1. The Morgan fingerprint density at radius 3 is 2.31 bits per heavy atom. The van der Waals surface area contributed by atoms with Crippen LogP contribution in [-0.2, 0) is 16.0 Å². The Kier molecular flexibility index (Phi) is 6.66. The summed E-state index contributed by atoms with van der Waals surface area (Å²) in [6, 6.07) is 8.33. The SMILES string of the molecule is CNC1(C(N)=O)CCN(c2nc3c(c(N4CCC(C)(c5ccc(Cl)cc5)CC4)n2)CSC3C)CC1. The summed E-state index contributed by atoms with van der Waals surface area (Å²) in [5, 5.41) is 4.31. The maximum absolute atomic E-state index is 12.1. The molecule has 9 heteroatoms. The number of rotatable bonds is 5. The number of amides is 1. The third-order valence-electron chi connectivity index (χ3n) is 8.43. The van der Waals surface area contributed by atoms with Gasteiger partial charge in [0.25, 0.3) is 0 Å². The van der Waals surface area contributed by atoms with Gasteiger partial charge in [-0.3, -0.25) is 4.79 Å². The lowest BCUT2D eigenvalue weighted by Crippen LogP contribution is -2.60. The van der Waals surface area contributed by atoms with Crippen molar-refractivity contribution in [2.24, 2.45) is 5.73 Å². The van der Waals surface area contributed by atoms with Crippen LogP contribution in [-0.4, -0.2) is 54.6 Å². The molecular formula is C26H35ClN6OS. The molecule has 1 aromatic carbocycles. The standard InChI is InChI=1S/C26H35ClN6OS/c1-17-21-20(16-35-17)22(31-24(30-21)33-14-10-26(29-3,11-15-33)23(28)34)32-12-8-25(2,9-13-32)18-4-6-19(27)7-5-18/h4-7,17,29H,8-16H2,1-3H3,(H2,28,34). The van der Waals surface area contributed by atoms with Gasteiger partial charge >= 0.3 is 0 Å². The molecule has 3 aliphatic heterocycles. The Hall–Kier alpha value is -2.03. The number of hydrogen-bond acceptors (Lipinski definition) is 7. The first-order valence-electron chi connectivity index (χ1n) is 12.5. The van der Waals surface area contributed by atoms with Crippen LogP contribution in [0.3, 0.4) is 0 Å². The van der Waals surface area contributed by atoms with Gasteiger partial charge in [-0.1, -0.05) is 30.7 Å². The van der Waals surface area contributed by atoms with E-state index in [0.717, 1.165) is 48.5 Å². The van der Waals surface area contributed by atoms with Crippen LogP contribution in [0.2, 0.25) is 5.02 Å². The zero-order chi connectivity index (χ0) is 24.8. The summed E-state index contributed by atoms with van der Waals surface area (Å²) in [4.78, 5) is 26.9. The first-order chi connectivity index (χ1) is 16.7. The lowest BCUT2D eigenvalue weighted by molar-refractivity contribution is -0.125. The quantitative estimate of drug-likeness (QED) is 0.622. The fraction of sp³-hybridized carbons (Fsp3) is 0.577. The highest BCUT2D eigenvalue weighted by atomic mass is 35.5. The van der Waals surface area contributed by atoms with E-state index < -0.39 is 5.54 Å². The van der Waals surface area contributed by atoms with E-state index in [4.69, 9.17) is 27.3 Å². The number of primary amides is 1. The molecule has 2 fully saturated rings. The number of carbonyl (C=O) groups is 1. The van der Waals surface area contributed by atoms with Crippen LogP contribution in [0.25, 0.3) is 0 Å². The highest BCUT2D eigenvalue weighted by Crippen LogP contribution is 2.46. The molecule has 2 saturated heterocycles. The summed E-state index contributed by atoms with van der Waals surface area (Å²) in [6.07, 6.45) is 3.45. The zero-order valence-corrected chi connectivity index (χ0v) is 22.4. The van der Waals surface area contributed by atoms with Crippen LogP contribution < -0.4 is 20.9 Å². The molecule has 4 heterocycles. The zero-order valence-electron chi connectivity index (χ0n) is 20.8. The first-order valence-corrected chi connectivity index (χ1v) is 13.9. The number of piperidine rings is 2. The van der Waals surface area contributed by atoms with Crippen LogP contribution in [0.5, 0.6) is 0 Å². The molecule has 1 amide bonds. The van der Waals surface area contributed by atoms with E-state index in [1.807, 2.05) is 30.9 Å². The van der Waals surface area contributed by atoms with Crippen LogP contribution in [0.15, 0.2) is 24.3 Å². The fourth-order valence-corrected chi connectivity index (χ4v) is 6.88. The molecule has 0 bridgehead atoms. The van der Waals surface area contributed by atoms with Crippen molar-refractivity contribution in [3.05, 3.63) is 46.1 Å². The summed E-state index contributed by atoms with van der Waals surface area (Å²) in [6.45, 7) is 7.94. The smallest absolute Gasteiger partial charge is 0.237 e. The highest BCUT2D eigenvalue weighted by molar-refractivity contribution is 7.99. The maximum Gasteiger partial charge on any atom is 0.237 e. The van der Waals surface area contributed by atoms with E-state index in [2.05, 4.69) is 41.1 Å². The second-order valence-corrected chi connectivity index (χ2v) is 12.2. The molecule has 0 saturated carbocycles. The lowest BCUT2D eigenvalue weighted by atomic mass is 9.74. The van der Waals surface area contributed by atoms with Gasteiger partial charge in [0.05, 0.1) is 5.69 Å². The molecule has 1 unspecified atom stereocenters. The molecule has 2 aromatic rings. The number of anilines is 2. The number of nitrogens with zero attached hydrogens (tertiary/aromatic N) is 4. The number of carbonyl (C=O) groups excluding carboxylic acids is 1. The molecule has 5 rings (SSSR count). The lowest BCUT2D eigenvalue weighted by Gasteiger charge is -2.42. The third-order valence-corrected chi connectivity index (χ3v) is 9.86. The van der Waals surface area contributed by atoms with Crippen molar-refractivity contribution in [3.63, 3.8) is 0 Å². The van der Waals surface area contributed by atoms with Crippen LogP contribution >= 0.6 is 23.4 Å². The van der Waals surface area contributed by atoms with Gasteiger partial charge in [0.2, 0.25) is 11.9 Å². The number of likely N-dealkylation sites (N-methyl/N-ethyl adjacent to an activating group) is 1. The average Bonchev–Trinajstić information content (AvgIpc) is 3.25. The van der Waals surface area contributed by atoms with Crippen LogP contribution in [0.4, 0.5) is 11.8 Å². The number of fused-ring (bicyclic) bond motifs is 1. The number of hydrogen-bond donors (Lipinski definition) is 2. The van der Waals surface area contributed by atoms with Crippen molar-refractivity contribution in [3.8, 4) is 0 Å². The van der Waals surface area contributed by atoms with Gasteiger partial charge < -0.3 is 20.9 Å². The van der Waals surface area contributed by atoms with Gasteiger partial charge in [0.1, 0.15) is 11.4 Å². The number of thioether (sulfide) groups is 1. The van der Waals surface area contributed by atoms with Gasteiger partial charge in [-0.2, -0.15) is 4.98 Å². The van der Waals surface area contributed by atoms with Gasteiger partial charge in [0, 0.05) is 47.8 Å². The predicted octanol–water partition coefficient (Wildman–Crippen LogP) is 4.04. The van der Waals surface area contributed by atoms with Crippen molar-refractivity contribution in [2.75, 3.05) is 43.0 Å². The van der Waals surface area contributed by atoms with Gasteiger partial charge in [-0.25, -0.2) is 4.98 Å². The molecule has 188 valence electrons. The molecule has 35 heavy (non-hydrogen) atoms. The van der Waals surface area contributed by atoms with Crippen LogP contribution in [0.1, 0.15) is 61.6 Å². The summed E-state index contributed by atoms with van der Waals surface area (Å²) in [7, 11) is 1.82. The fourth-order valence-electron chi connectivity index (χ4n) is 5.70. The van der Waals surface area contributed by atoms with Gasteiger partial charge in [-0.05, 0) is 62.8 Å². The van der Waals surface area contributed by atoms with Crippen molar-refractivity contribution in [1.82, 2.24) is 15.3 Å². The Morgan fingerprint density at radius 1 is 1.09 bits per heavy atom. The topological polar surface area (TPSA) is 87.4 Å². The molecule has 7 nitrogen and oxygen atoms in total. The Morgan fingerprint density at radius 2 is 1.71 bits per heavy atom. The van der Waals surface area contributed by atoms with E-state index >= 15 is 0 Å². The summed E-state index contributed by atoms with van der Waals surface area (Å²) >= 11 is 8.06. The summed E-state index contributed by atoms with van der Waals surface area (Å²) < 4.78 is 0. The average molecular weight is 515 g/mol. The maximum atomic E-state index is 12.1. The molecule has 1 atom stereocenters. The van der Waals surface area contributed by atoms with Crippen molar-refractivity contribution in [1.29, 1.82) is 0 Å². The summed E-state index contributed by atoms with van der Waals surface area (Å²) in [5.41, 5.74) is 9.03. The Labute approximate surface area is 217 Å². The minimum Gasteiger partial charge on any atom is -0.368 e. The van der Waals surface area contributed by atoms with E-state index in [1.54, 1.807) is 0 Å². The Bertz CT molecular complexity index is 1090. The second kappa shape index (κ2) is 9.45. The number of benzene rings is 1. The molecule has 3 aliphatic rings. The number of aromatic nitrogens is 2. The second-order valence-electron chi connectivity index (χ2n) is 10.4. The molecule has 0 spiro atoms. The first kappa shape index (κ1) is 24.7. The molecule has 0 radical (unpaired) electrons. The van der Waals surface area contributed by atoms with Crippen LogP contribution in [0, 0.1) is 0 Å². The van der Waals surface area contributed by atoms with E-state index in [-0.39, 0.29) is 11.3 Å². The minimum absolute atomic E-state index is 0.139. The van der Waals surface area contributed by atoms with E-state index in [9.17, 15) is 4.79 Å². The molecule has 3 N–H and O–H groups in total. The largest absolute Gasteiger partial charge is 0.368 e. The number of nitrogens with one attached hydrogen (secondary N) is 1. The molecule has 1 aromatic heterocycles. The highest BCUT2D eigenvalue weighted by Gasteiger charge is 2.40. The predicted molar refractivity (Wildman–Crippen MR) is 144 cm³/mol. The minimum atomic E-state index is -0.641.